The second-order valence-electron chi connectivity index (χ2n) is 28.1. The Morgan fingerprint density at radius 2 is 0.410 bits per heavy atom. The monoisotopic (exact) mass is 1740 g/mol. The van der Waals surface area contributed by atoms with E-state index in [0.29, 0.717) is 43.5 Å². The quantitative estimate of drug-likeness (QED) is 0.0752. The number of aromatic nitrogens is 6. The van der Waals surface area contributed by atoms with Gasteiger partial charge in [0.25, 0.3) is 0 Å². The number of hydrogen-bond acceptors (Lipinski definition) is 6. The van der Waals surface area contributed by atoms with Gasteiger partial charge in [-0.15, -0.1) is 0 Å². The van der Waals surface area contributed by atoms with Crippen molar-refractivity contribution in [3.8, 4) is 33.4 Å². The van der Waals surface area contributed by atoms with Gasteiger partial charge in [-0.25, -0.2) is 0 Å². The summed E-state index contributed by atoms with van der Waals surface area (Å²) in [6.45, 7) is 0. The van der Waals surface area contributed by atoms with Crippen LogP contribution in [0.5, 0.6) is 0 Å². The number of rotatable bonds is 15. The summed E-state index contributed by atoms with van der Waals surface area (Å²) in [5.74, 6) is 0. The number of fused-ring (bicyclic) bond motifs is 24. The van der Waals surface area contributed by atoms with E-state index in [1.165, 1.54) is 166 Å². The summed E-state index contributed by atoms with van der Waals surface area (Å²) in [7, 11) is 0. The third-order valence-corrected chi connectivity index (χ3v) is 36.1. The molecule has 0 amide bonds. The minimum atomic E-state index is 0.285. The molecule has 0 bridgehead atoms. The average Bonchev–Trinajstić information content (AvgIpc) is 1.71. The van der Waals surface area contributed by atoms with Crippen molar-refractivity contribution >= 4 is 236 Å². The van der Waals surface area contributed by atoms with Gasteiger partial charge >= 0.3 is 646 Å². The zero-order chi connectivity index (χ0) is 68.8. The van der Waals surface area contributed by atoms with Crippen molar-refractivity contribution in [2.24, 2.45) is 0 Å². The molecule has 0 saturated carbocycles. The van der Waals surface area contributed by atoms with Gasteiger partial charge in [-0.2, -0.15) is 0 Å². The van der Waals surface area contributed by atoms with Gasteiger partial charge in [0, 0.05) is 0 Å². The molecule has 0 saturated heterocycles. The summed E-state index contributed by atoms with van der Waals surface area (Å²) in [6.07, 6.45) is 13.9. The summed E-state index contributed by atoms with van der Waals surface area (Å²) in [4.78, 5) is 32.1. The molecule has 0 atom stereocenters. The number of nitrogens with zero attached hydrogens (tertiary/aromatic N) is 6. The number of benzene rings is 13. The molecule has 13 aromatic carbocycles. The molecule has 9 aromatic heterocycles. The van der Waals surface area contributed by atoms with Crippen LogP contribution in [-0.2, 0) is 38.5 Å². The summed E-state index contributed by atoms with van der Waals surface area (Å²) in [5, 5.41) is 16.8. The first-order valence-corrected chi connectivity index (χ1v) is 46.4. The molecule has 105 heavy (non-hydrogen) atoms. The molecule has 0 unspecified atom stereocenters. The van der Waals surface area contributed by atoms with Crippen molar-refractivity contribution in [2.75, 3.05) is 0 Å². The predicted molar refractivity (Wildman–Crippen MR) is 449 cm³/mol. The van der Waals surface area contributed by atoms with Crippen LogP contribution < -0.4 is 0 Å². The second kappa shape index (κ2) is 25.9. The molecular weight excluding hydrogens is 1670 g/mol. The molecule has 22 aromatic rings. The maximum absolute atomic E-state index is 5.46. The normalized spacial score (nSPS) is 12.3. The number of aryl methyl sites for hydroxylation is 6. The standard InChI is InChI=1S/C93H60N6Se6/c1-4-19-76-64(16-1)70-43-55(25-34-82(70)100-76)58-28-37-85-73(46-58)67-40-52(22-31-79(67)103-85)10-7-13-61-49-94-88-91(97-61)89-93(99-62(50-95-89)14-8-11-53-23-32-80-68(41-53)74-47-59(29-38-86(74)104-80)56-26-35-83-71(44-56)65-17-2-5-20-77(65)101-83)90-92(88)98-63(51-96-90)15-9-12-54-24-33-81-69(42-54)75-48-60(30-39-87(75)105-81)57-27-36-84-72(45-57)66-18-3-6-21-78(66)102-84/h1-6,16-51H,7-15H2. The zero-order valence-corrected chi connectivity index (χ0v) is 67.0. The van der Waals surface area contributed by atoms with Crippen LogP contribution in [0.2, 0.25) is 0 Å². The van der Waals surface area contributed by atoms with E-state index in [1.54, 1.807) is 0 Å². The average molecular weight is 1740 g/mol. The van der Waals surface area contributed by atoms with Crippen LogP contribution in [0, 0.1) is 0 Å². The van der Waals surface area contributed by atoms with E-state index in [1.807, 2.05) is 18.6 Å². The van der Waals surface area contributed by atoms with Gasteiger partial charge in [0.05, 0.1) is 0 Å². The van der Waals surface area contributed by atoms with Gasteiger partial charge in [0.1, 0.15) is 0 Å². The van der Waals surface area contributed by atoms with Gasteiger partial charge in [-0.05, 0) is 0 Å². The first kappa shape index (κ1) is 63.3. The molecule has 498 valence electrons. The van der Waals surface area contributed by atoms with Gasteiger partial charge in [0.15, 0.2) is 0 Å². The second-order valence-corrected chi connectivity index (χ2v) is 41.7. The van der Waals surface area contributed by atoms with Crippen molar-refractivity contribution in [3.05, 3.63) is 289 Å². The Hall–Kier alpha value is -9.00. The van der Waals surface area contributed by atoms with Crippen molar-refractivity contribution in [2.45, 2.75) is 57.8 Å². The Kier molecular flexibility index (Phi) is 15.6. The molecule has 0 aliphatic heterocycles. The van der Waals surface area contributed by atoms with E-state index >= 15 is 0 Å². The fourth-order valence-electron chi connectivity index (χ4n) is 16.3. The van der Waals surface area contributed by atoms with Crippen molar-refractivity contribution < 1.29 is 0 Å². The molecule has 12 heteroatoms. The van der Waals surface area contributed by atoms with Crippen LogP contribution in [0.4, 0.5) is 0 Å². The first-order valence-electron chi connectivity index (χ1n) is 36.1. The van der Waals surface area contributed by atoms with Crippen LogP contribution in [0.3, 0.4) is 0 Å². The van der Waals surface area contributed by atoms with Crippen molar-refractivity contribution in [1.29, 1.82) is 0 Å². The van der Waals surface area contributed by atoms with E-state index in [0.717, 1.165) is 108 Å². The van der Waals surface area contributed by atoms with E-state index < -0.39 is 0 Å². The molecule has 0 radical (unpaired) electrons. The van der Waals surface area contributed by atoms with E-state index in [4.69, 9.17) is 29.9 Å². The molecule has 0 N–H and O–H groups in total. The topological polar surface area (TPSA) is 77.3 Å². The van der Waals surface area contributed by atoms with Crippen LogP contribution >= 0.6 is 0 Å². The fourth-order valence-corrected chi connectivity index (χ4v) is 29.8. The van der Waals surface area contributed by atoms with Gasteiger partial charge < -0.3 is 0 Å². The van der Waals surface area contributed by atoms with Gasteiger partial charge in [-0.3, -0.25) is 0 Å². The third-order valence-electron chi connectivity index (χ3n) is 21.6. The number of hydrogen-bond donors (Lipinski definition) is 0. The molecule has 6 nitrogen and oxygen atoms in total. The molecule has 22 rings (SSSR count). The Morgan fingerprint density at radius 3 is 0.676 bits per heavy atom. The summed E-state index contributed by atoms with van der Waals surface area (Å²) >= 11 is 1.95. The van der Waals surface area contributed by atoms with Crippen LogP contribution in [-0.4, -0.2) is 117 Å². The van der Waals surface area contributed by atoms with Gasteiger partial charge in [0.2, 0.25) is 0 Å². The molecule has 0 spiro atoms. The Bertz CT molecular complexity index is 6650. The maximum atomic E-state index is 5.46. The Balaban J connectivity index is 0.548. The van der Waals surface area contributed by atoms with E-state index in [2.05, 4.69) is 237 Å². The zero-order valence-electron chi connectivity index (χ0n) is 56.7. The predicted octanol–water partition coefficient (Wildman–Crippen LogP) is 21.2. The summed E-state index contributed by atoms with van der Waals surface area (Å²) in [5.41, 5.74) is 19.1. The molecular formula is C93H60N6Se6. The van der Waals surface area contributed by atoms with E-state index in [-0.39, 0.29) is 43.5 Å². The van der Waals surface area contributed by atoms with Crippen molar-refractivity contribution in [1.82, 2.24) is 29.9 Å². The van der Waals surface area contributed by atoms with Crippen molar-refractivity contribution in [3.63, 3.8) is 0 Å². The van der Waals surface area contributed by atoms with Crippen LogP contribution in [0.25, 0.3) is 182 Å². The van der Waals surface area contributed by atoms with Crippen LogP contribution in [0.15, 0.2) is 255 Å². The Morgan fingerprint density at radius 1 is 0.190 bits per heavy atom. The minimum absolute atomic E-state index is 0.285. The molecule has 0 fully saturated rings. The van der Waals surface area contributed by atoms with Crippen LogP contribution in [0.1, 0.15) is 53.0 Å². The third kappa shape index (κ3) is 11.3. The summed E-state index contributed by atoms with van der Waals surface area (Å²) in [6, 6.07) is 91.4. The molecule has 0 aliphatic rings. The van der Waals surface area contributed by atoms with E-state index in [9.17, 15) is 0 Å². The Labute approximate surface area is 639 Å². The van der Waals surface area contributed by atoms with Gasteiger partial charge in [-0.1, -0.05) is 0 Å². The molecule has 0 aliphatic carbocycles. The fraction of sp³-hybridized carbons (Fsp3) is 0.0968. The first-order chi connectivity index (χ1) is 51.9. The SMILES string of the molecule is c1ccc2c(c1)[se]c1ccc(-c3ccc4[se]c5ccc(CCCc6cnc7c(n6)c6ncc(CCCc8ccc9[se]c%10ccc(-c%11ccc%12[se]c%13ccccc%13c%12c%11)cc%10c9c8)nc6c6ncc(CCCc8ccc9[se]c%10ccc(-c%11ccc%12[se]c%13ccccc%13c%12c%11)cc%10c9c8)nc76)cc5c4c3)cc12. The molecule has 9 heterocycles. The summed E-state index contributed by atoms with van der Waals surface area (Å²) < 4.78 is 17.7.